The zero-order chi connectivity index (χ0) is 13.5. The number of aromatic nitrogens is 1. The van der Waals surface area contributed by atoms with Crippen molar-refractivity contribution < 1.29 is 9.32 Å². The van der Waals surface area contributed by atoms with Gasteiger partial charge < -0.3 is 4.52 Å². The molecular weight excluding hydrogens is 258 g/mol. The summed E-state index contributed by atoms with van der Waals surface area (Å²) < 4.78 is 5.07. The topological polar surface area (TPSA) is 43.1 Å². The van der Waals surface area contributed by atoms with Crippen molar-refractivity contribution in [3.63, 3.8) is 0 Å². The summed E-state index contributed by atoms with van der Waals surface area (Å²) in [5.41, 5.74) is 1.94. The Bertz CT molecular complexity index is 591. The molecule has 0 atom stereocenters. The second-order valence-electron chi connectivity index (χ2n) is 3.85. The minimum absolute atomic E-state index is 0.137. The van der Waals surface area contributed by atoms with Gasteiger partial charge in [0.1, 0.15) is 0 Å². The van der Waals surface area contributed by atoms with Crippen molar-refractivity contribution in [3.05, 3.63) is 42.1 Å². The molecule has 0 radical (unpaired) electrons. The molecule has 0 aliphatic heterocycles. The smallest absolute Gasteiger partial charge is 0.185 e. The van der Waals surface area contributed by atoms with Crippen LogP contribution in [0.2, 0.25) is 0 Å². The number of nitrogens with zero attached hydrogens (tertiary/aromatic N) is 1. The molecule has 1 aromatic heterocycles. The zero-order valence-corrected chi connectivity index (χ0v) is 11.4. The summed E-state index contributed by atoms with van der Waals surface area (Å²) in [6, 6.07) is 9.62. The molecule has 19 heavy (non-hydrogen) atoms. The Kier molecular flexibility index (Phi) is 4.82. The SMILES string of the molecule is CC(=O)SCCC#Cc1ccc(-c2ccno2)cc1. The van der Waals surface area contributed by atoms with Crippen LogP contribution in [0, 0.1) is 11.8 Å². The number of hydrogen-bond donors (Lipinski definition) is 0. The van der Waals surface area contributed by atoms with Crippen LogP contribution < -0.4 is 0 Å². The Hall–Kier alpha value is -1.99. The van der Waals surface area contributed by atoms with Gasteiger partial charge in [-0.3, -0.25) is 4.79 Å². The van der Waals surface area contributed by atoms with Crippen LogP contribution in [0.4, 0.5) is 0 Å². The van der Waals surface area contributed by atoms with E-state index in [0.29, 0.717) is 6.42 Å². The van der Waals surface area contributed by atoms with Crippen molar-refractivity contribution >= 4 is 16.9 Å². The number of carbonyl (C=O) groups excluding carboxylic acids is 1. The Labute approximate surface area is 116 Å². The third-order valence-electron chi connectivity index (χ3n) is 2.37. The van der Waals surface area contributed by atoms with Gasteiger partial charge in [0, 0.05) is 36.3 Å². The normalized spacial score (nSPS) is 9.74. The van der Waals surface area contributed by atoms with Crippen LogP contribution in [-0.2, 0) is 4.79 Å². The lowest BCUT2D eigenvalue weighted by molar-refractivity contribution is -0.109. The standard InChI is InChI=1S/C15H13NO2S/c1-12(17)19-11-3-2-4-13-5-7-14(8-6-13)15-9-10-16-18-15/h5-10H,3,11H2,1H3. The first kappa shape index (κ1) is 13.4. The maximum atomic E-state index is 10.7. The molecule has 2 rings (SSSR count). The molecule has 0 N–H and O–H groups in total. The van der Waals surface area contributed by atoms with E-state index in [0.717, 1.165) is 22.6 Å². The van der Waals surface area contributed by atoms with Crippen LogP contribution in [0.15, 0.2) is 41.1 Å². The van der Waals surface area contributed by atoms with Gasteiger partial charge in [0.2, 0.25) is 0 Å². The second-order valence-corrected chi connectivity index (χ2v) is 5.12. The molecule has 2 aromatic rings. The van der Waals surface area contributed by atoms with Crippen molar-refractivity contribution in [1.82, 2.24) is 5.16 Å². The third-order valence-corrected chi connectivity index (χ3v) is 3.19. The van der Waals surface area contributed by atoms with Gasteiger partial charge in [-0.2, -0.15) is 0 Å². The van der Waals surface area contributed by atoms with Crippen LogP contribution in [0.1, 0.15) is 18.9 Å². The predicted molar refractivity (Wildman–Crippen MR) is 76.6 cm³/mol. The number of carbonyl (C=O) groups is 1. The molecule has 0 saturated heterocycles. The lowest BCUT2D eigenvalue weighted by atomic mass is 10.1. The van der Waals surface area contributed by atoms with E-state index in [1.807, 2.05) is 30.3 Å². The molecule has 0 aliphatic rings. The van der Waals surface area contributed by atoms with Gasteiger partial charge in [0.05, 0.1) is 6.20 Å². The van der Waals surface area contributed by atoms with Crippen LogP contribution >= 0.6 is 11.8 Å². The highest BCUT2D eigenvalue weighted by Gasteiger charge is 2.00. The zero-order valence-electron chi connectivity index (χ0n) is 10.6. The molecule has 0 bridgehead atoms. The van der Waals surface area contributed by atoms with Gasteiger partial charge >= 0.3 is 0 Å². The summed E-state index contributed by atoms with van der Waals surface area (Å²) >= 11 is 1.31. The monoisotopic (exact) mass is 271 g/mol. The summed E-state index contributed by atoms with van der Waals surface area (Å²) in [4.78, 5) is 10.7. The number of benzene rings is 1. The number of thioether (sulfide) groups is 1. The van der Waals surface area contributed by atoms with Gasteiger partial charge in [-0.25, -0.2) is 0 Å². The molecule has 1 heterocycles. The van der Waals surface area contributed by atoms with E-state index >= 15 is 0 Å². The van der Waals surface area contributed by atoms with Crippen molar-refractivity contribution in [1.29, 1.82) is 0 Å². The average Bonchev–Trinajstić information content (AvgIpc) is 2.93. The van der Waals surface area contributed by atoms with Gasteiger partial charge in [-0.1, -0.05) is 28.8 Å². The van der Waals surface area contributed by atoms with E-state index in [1.165, 1.54) is 11.8 Å². The molecule has 96 valence electrons. The molecule has 0 spiro atoms. The van der Waals surface area contributed by atoms with Crippen LogP contribution in [-0.4, -0.2) is 16.0 Å². The minimum atomic E-state index is 0.137. The molecule has 3 nitrogen and oxygen atoms in total. The van der Waals surface area contributed by atoms with E-state index in [1.54, 1.807) is 13.1 Å². The lowest BCUT2D eigenvalue weighted by Gasteiger charge is -1.95. The van der Waals surface area contributed by atoms with Crippen LogP contribution in [0.3, 0.4) is 0 Å². The van der Waals surface area contributed by atoms with Gasteiger partial charge in [0.15, 0.2) is 10.9 Å². The fourth-order valence-electron chi connectivity index (χ4n) is 1.49. The Balaban J connectivity index is 1.92. The summed E-state index contributed by atoms with van der Waals surface area (Å²) in [5.74, 6) is 7.62. The van der Waals surface area contributed by atoms with Gasteiger partial charge in [-0.05, 0) is 24.3 Å². The largest absolute Gasteiger partial charge is 0.356 e. The molecule has 0 aliphatic carbocycles. The Morgan fingerprint density at radius 3 is 2.74 bits per heavy atom. The molecule has 0 unspecified atom stereocenters. The number of rotatable bonds is 3. The van der Waals surface area contributed by atoms with Crippen molar-refractivity contribution in [2.24, 2.45) is 0 Å². The van der Waals surface area contributed by atoms with Crippen LogP contribution in [0.25, 0.3) is 11.3 Å². The first-order valence-electron chi connectivity index (χ1n) is 5.89. The first-order chi connectivity index (χ1) is 9.25. The van der Waals surface area contributed by atoms with E-state index < -0.39 is 0 Å². The van der Waals surface area contributed by atoms with Crippen molar-refractivity contribution in [2.45, 2.75) is 13.3 Å². The van der Waals surface area contributed by atoms with E-state index in [-0.39, 0.29) is 5.12 Å². The van der Waals surface area contributed by atoms with Crippen molar-refractivity contribution in [2.75, 3.05) is 5.75 Å². The second kappa shape index (κ2) is 6.81. The van der Waals surface area contributed by atoms with Crippen LogP contribution in [0.5, 0.6) is 0 Å². The fraction of sp³-hybridized carbons (Fsp3) is 0.200. The average molecular weight is 271 g/mol. The van der Waals surface area contributed by atoms with Gasteiger partial charge in [-0.15, -0.1) is 0 Å². The maximum absolute atomic E-state index is 10.7. The summed E-state index contributed by atoms with van der Waals surface area (Å²) in [6.45, 7) is 1.57. The van der Waals surface area contributed by atoms with Gasteiger partial charge in [0.25, 0.3) is 0 Å². The molecular formula is C15H13NO2S. The molecule has 4 heteroatoms. The molecule has 0 amide bonds. The Morgan fingerprint density at radius 1 is 1.32 bits per heavy atom. The third kappa shape index (κ3) is 4.31. The quantitative estimate of drug-likeness (QED) is 0.634. The summed E-state index contributed by atoms with van der Waals surface area (Å²) in [5, 5.41) is 3.81. The summed E-state index contributed by atoms with van der Waals surface area (Å²) in [7, 11) is 0. The fourth-order valence-corrected chi connectivity index (χ4v) is 1.98. The molecule has 1 aromatic carbocycles. The highest BCUT2D eigenvalue weighted by molar-refractivity contribution is 8.13. The Morgan fingerprint density at radius 2 is 2.11 bits per heavy atom. The minimum Gasteiger partial charge on any atom is -0.356 e. The first-order valence-corrected chi connectivity index (χ1v) is 6.87. The highest BCUT2D eigenvalue weighted by Crippen LogP contribution is 2.18. The van der Waals surface area contributed by atoms with E-state index in [4.69, 9.17) is 4.52 Å². The lowest BCUT2D eigenvalue weighted by Crippen LogP contribution is -1.84. The molecule has 0 saturated carbocycles. The van der Waals surface area contributed by atoms with Crippen molar-refractivity contribution in [3.8, 4) is 23.2 Å². The number of hydrogen-bond acceptors (Lipinski definition) is 4. The van der Waals surface area contributed by atoms with E-state index in [2.05, 4.69) is 17.0 Å². The maximum Gasteiger partial charge on any atom is 0.185 e. The molecule has 0 fully saturated rings. The summed E-state index contributed by atoms with van der Waals surface area (Å²) in [6.07, 6.45) is 2.34. The highest BCUT2D eigenvalue weighted by atomic mass is 32.2. The van der Waals surface area contributed by atoms with E-state index in [9.17, 15) is 4.79 Å². The predicted octanol–water partition coefficient (Wildman–Crippen LogP) is 3.36.